The Morgan fingerprint density at radius 3 is 2.63 bits per heavy atom. The van der Waals surface area contributed by atoms with Crippen LogP contribution in [0.3, 0.4) is 0 Å². The van der Waals surface area contributed by atoms with Crippen molar-refractivity contribution in [3.8, 4) is 11.5 Å². The second kappa shape index (κ2) is 9.25. The molecule has 0 amide bonds. The summed E-state index contributed by atoms with van der Waals surface area (Å²) in [6, 6.07) is 4.29. The number of carbonyl (C=O) groups excluding carboxylic acids is 2. The van der Waals surface area contributed by atoms with Crippen LogP contribution >= 0.6 is 11.8 Å². The molecule has 160 valence electrons. The maximum absolute atomic E-state index is 12.9. The average molecular weight is 432 g/mol. The van der Waals surface area contributed by atoms with Gasteiger partial charge in [-0.3, -0.25) is 4.79 Å². The Morgan fingerprint density at radius 1 is 1.23 bits per heavy atom. The molecule has 1 atom stereocenters. The number of allylic oxidation sites excluding steroid dienone is 1. The van der Waals surface area contributed by atoms with Crippen LogP contribution in [-0.2, 0) is 19.1 Å². The van der Waals surface area contributed by atoms with Gasteiger partial charge < -0.3 is 24.2 Å². The summed E-state index contributed by atoms with van der Waals surface area (Å²) in [6.45, 7) is 5.75. The van der Waals surface area contributed by atoms with Crippen LogP contribution in [0.25, 0.3) is 0 Å². The van der Waals surface area contributed by atoms with Crippen molar-refractivity contribution < 1.29 is 28.9 Å². The summed E-state index contributed by atoms with van der Waals surface area (Å²) in [7, 11) is 1.46. The normalized spacial score (nSPS) is 17.9. The van der Waals surface area contributed by atoms with Crippen LogP contribution in [0.1, 0.15) is 38.8 Å². The number of nitrogens with zero attached hydrogens (tertiary/aromatic N) is 2. The predicted octanol–water partition coefficient (Wildman–Crippen LogP) is 3.49. The highest BCUT2D eigenvalue weighted by Crippen LogP contribution is 2.46. The van der Waals surface area contributed by atoms with E-state index in [4.69, 9.17) is 14.2 Å². The summed E-state index contributed by atoms with van der Waals surface area (Å²) in [5.41, 5.74) is 2.26. The lowest BCUT2D eigenvalue weighted by molar-refractivity contribution is -0.142. The molecule has 1 unspecified atom stereocenters. The van der Waals surface area contributed by atoms with Crippen LogP contribution in [-0.4, -0.2) is 47.4 Å². The molecule has 1 N–H and O–H groups in total. The van der Waals surface area contributed by atoms with Crippen molar-refractivity contribution in [2.75, 3.05) is 20.3 Å². The summed E-state index contributed by atoms with van der Waals surface area (Å²) >= 11 is 1.38. The third-order valence-electron chi connectivity index (χ3n) is 4.65. The minimum atomic E-state index is -0.596. The lowest BCUT2D eigenvalue weighted by Gasteiger charge is -2.36. The van der Waals surface area contributed by atoms with E-state index in [2.05, 4.69) is 4.99 Å². The van der Waals surface area contributed by atoms with Crippen LogP contribution in [0.5, 0.6) is 11.5 Å². The zero-order chi connectivity index (χ0) is 21.8. The number of amidine groups is 1. The van der Waals surface area contributed by atoms with Gasteiger partial charge in [-0.2, -0.15) is 0 Å². The van der Waals surface area contributed by atoms with E-state index in [0.717, 1.165) is 0 Å². The van der Waals surface area contributed by atoms with E-state index in [1.54, 1.807) is 32.9 Å². The summed E-state index contributed by atoms with van der Waals surface area (Å²) in [6.07, 6.45) is 0.0424. The molecule has 0 saturated carbocycles. The first-order valence-electron chi connectivity index (χ1n) is 9.55. The third kappa shape index (κ3) is 4.16. The third-order valence-corrected chi connectivity index (χ3v) is 5.54. The van der Waals surface area contributed by atoms with Gasteiger partial charge in [-0.05, 0) is 43.9 Å². The topological polar surface area (TPSA) is 97.7 Å². The molecular formula is C21H24N2O6S. The van der Waals surface area contributed by atoms with Gasteiger partial charge in [0.2, 0.25) is 0 Å². The minimum absolute atomic E-state index is 0.0116. The number of methoxy groups -OCH3 is 1. The van der Waals surface area contributed by atoms with Crippen molar-refractivity contribution in [1.29, 1.82) is 0 Å². The van der Waals surface area contributed by atoms with Gasteiger partial charge in [0.1, 0.15) is 0 Å². The number of aromatic hydroxyl groups is 1. The Morgan fingerprint density at radius 2 is 1.97 bits per heavy atom. The maximum atomic E-state index is 12.9. The molecule has 9 heteroatoms. The Bertz CT molecular complexity index is 953. The molecule has 0 fully saturated rings. The molecule has 3 rings (SSSR count). The van der Waals surface area contributed by atoms with Gasteiger partial charge in [-0.1, -0.05) is 17.8 Å². The van der Waals surface area contributed by atoms with Crippen molar-refractivity contribution in [2.45, 2.75) is 33.2 Å². The number of hydrogen-bond acceptors (Lipinski definition) is 9. The number of fused-ring (bicyclic) bond motifs is 1. The number of hydrogen-bond donors (Lipinski definition) is 1. The quantitative estimate of drug-likeness (QED) is 0.654. The van der Waals surface area contributed by atoms with Crippen LogP contribution in [0.2, 0.25) is 0 Å². The number of rotatable bonds is 7. The zero-order valence-corrected chi connectivity index (χ0v) is 18.1. The fourth-order valence-electron chi connectivity index (χ4n) is 3.38. The second-order valence-electron chi connectivity index (χ2n) is 6.53. The van der Waals surface area contributed by atoms with Gasteiger partial charge in [-0.25, -0.2) is 9.79 Å². The van der Waals surface area contributed by atoms with Crippen molar-refractivity contribution in [2.24, 2.45) is 4.99 Å². The van der Waals surface area contributed by atoms with Crippen LogP contribution in [0.15, 0.2) is 45.6 Å². The Hall–Kier alpha value is -2.94. The van der Waals surface area contributed by atoms with E-state index in [0.29, 0.717) is 27.7 Å². The highest BCUT2D eigenvalue weighted by atomic mass is 32.2. The van der Waals surface area contributed by atoms with Crippen molar-refractivity contribution in [3.05, 3.63) is 46.1 Å². The lowest BCUT2D eigenvalue weighted by atomic mass is 9.93. The van der Waals surface area contributed by atoms with Crippen molar-refractivity contribution in [1.82, 2.24) is 4.90 Å². The first-order chi connectivity index (χ1) is 14.4. The summed E-state index contributed by atoms with van der Waals surface area (Å²) in [4.78, 5) is 31.4. The van der Waals surface area contributed by atoms with E-state index < -0.39 is 12.0 Å². The summed E-state index contributed by atoms with van der Waals surface area (Å²) < 4.78 is 15.7. The van der Waals surface area contributed by atoms with E-state index >= 15 is 0 Å². The first-order valence-corrected chi connectivity index (χ1v) is 10.4. The van der Waals surface area contributed by atoms with Gasteiger partial charge in [0.15, 0.2) is 16.7 Å². The van der Waals surface area contributed by atoms with E-state index in [1.165, 1.54) is 24.9 Å². The number of phenolic OH excluding ortho intramolecular Hbond substituents is 1. The first kappa shape index (κ1) is 21.8. The SMILES string of the molecule is CCOC(=O)CC1=CSC2=NC(C)=C(C(=O)OCC)C(c3ccc(O)c(OC)c3)N12. The fourth-order valence-corrected chi connectivity index (χ4v) is 4.34. The number of benzene rings is 1. The minimum Gasteiger partial charge on any atom is -0.504 e. The lowest BCUT2D eigenvalue weighted by Crippen LogP contribution is -2.37. The molecule has 0 saturated heterocycles. The molecule has 8 nitrogen and oxygen atoms in total. The molecule has 2 heterocycles. The standard InChI is InChI=1S/C21H24N2O6S/c1-5-28-17(25)10-14-11-30-21-22-12(3)18(20(26)29-6-2)19(23(14)21)13-7-8-15(24)16(9-13)27-4/h7-9,11,19,24H,5-6,10H2,1-4H3. The largest absolute Gasteiger partial charge is 0.504 e. The van der Waals surface area contributed by atoms with Gasteiger partial charge >= 0.3 is 11.9 Å². The fraction of sp³-hybridized carbons (Fsp3) is 0.381. The Balaban J connectivity index is 2.10. The van der Waals surface area contributed by atoms with Gasteiger partial charge in [0.05, 0.1) is 44.1 Å². The van der Waals surface area contributed by atoms with Crippen LogP contribution < -0.4 is 4.74 Å². The number of thioether (sulfide) groups is 1. The number of ether oxygens (including phenoxy) is 3. The molecule has 1 aromatic rings. The van der Waals surface area contributed by atoms with Crippen LogP contribution in [0, 0.1) is 0 Å². The Labute approximate surface area is 179 Å². The maximum Gasteiger partial charge on any atom is 0.338 e. The molecule has 0 aliphatic carbocycles. The Kier molecular flexibility index (Phi) is 6.71. The van der Waals surface area contributed by atoms with Gasteiger partial charge in [0.25, 0.3) is 0 Å². The predicted molar refractivity (Wildman–Crippen MR) is 113 cm³/mol. The van der Waals surface area contributed by atoms with E-state index in [1.807, 2.05) is 10.3 Å². The second-order valence-corrected chi connectivity index (χ2v) is 7.36. The molecule has 0 spiro atoms. The molecule has 0 aromatic heterocycles. The summed E-state index contributed by atoms with van der Waals surface area (Å²) in [5.74, 6) is -0.582. The average Bonchev–Trinajstić information content (AvgIpc) is 3.09. The highest BCUT2D eigenvalue weighted by molar-refractivity contribution is 8.16. The number of carbonyl (C=O) groups is 2. The zero-order valence-electron chi connectivity index (χ0n) is 17.3. The van der Waals surface area contributed by atoms with Gasteiger partial charge in [0, 0.05) is 5.70 Å². The smallest absolute Gasteiger partial charge is 0.338 e. The molecule has 2 aliphatic heterocycles. The molecule has 0 radical (unpaired) electrons. The van der Waals surface area contributed by atoms with E-state index in [9.17, 15) is 14.7 Å². The number of phenols is 1. The molecular weight excluding hydrogens is 408 g/mol. The molecule has 30 heavy (non-hydrogen) atoms. The van der Waals surface area contributed by atoms with Crippen LogP contribution in [0.4, 0.5) is 0 Å². The summed E-state index contributed by atoms with van der Waals surface area (Å²) in [5, 5.41) is 12.5. The number of aliphatic imine (C=N–C) groups is 1. The molecule has 0 bridgehead atoms. The monoisotopic (exact) mass is 432 g/mol. The molecule has 1 aromatic carbocycles. The van der Waals surface area contributed by atoms with Crippen molar-refractivity contribution >= 4 is 28.9 Å². The van der Waals surface area contributed by atoms with Crippen molar-refractivity contribution in [3.63, 3.8) is 0 Å². The molecule has 2 aliphatic rings. The van der Waals surface area contributed by atoms with E-state index in [-0.39, 0.29) is 37.1 Å². The highest BCUT2D eigenvalue weighted by Gasteiger charge is 2.41. The number of esters is 2. The van der Waals surface area contributed by atoms with Gasteiger partial charge in [-0.15, -0.1) is 0 Å².